The molecule has 1 amide bonds. The normalized spacial score (nSPS) is 11.4. The van der Waals surface area contributed by atoms with Gasteiger partial charge in [-0.2, -0.15) is 0 Å². The Hall–Kier alpha value is -2.62. The van der Waals surface area contributed by atoms with Gasteiger partial charge in [0.2, 0.25) is 6.41 Å². The summed E-state index contributed by atoms with van der Waals surface area (Å²) in [5, 5.41) is 2.78. The monoisotopic (exact) mass is 269 g/mol. The number of rotatable bonds is 5. The predicted octanol–water partition coefficient (Wildman–Crippen LogP) is 2.31. The summed E-state index contributed by atoms with van der Waals surface area (Å²) in [6.07, 6.45) is 0.673. The van der Waals surface area contributed by atoms with Crippen molar-refractivity contribution in [1.29, 1.82) is 0 Å². The van der Waals surface area contributed by atoms with Crippen molar-refractivity contribution in [3.05, 3.63) is 71.3 Å². The highest BCUT2D eigenvalue weighted by Gasteiger charge is 2.13. The van der Waals surface area contributed by atoms with Crippen LogP contribution in [-0.2, 0) is 9.53 Å². The number of carbonyl (C=O) groups is 2. The lowest BCUT2D eigenvalue weighted by Crippen LogP contribution is -2.20. The second kappa shape index (κ2) is 6.52. The van der Waals surface area contributed by atoms with Gasteiger partial charge in [0.25, 0.3) is 0 Å². The van der Waals surface area contributed by atoms with E-state index >= 15 is 0 Å². The average Bonchev–Trinajstić information content (AvgIpc) is 2.53. The summed E-state index contributed by atoms with van der Waals surface area (Å²) in [6, 6.07) is 16.4. The molecule has 2 aromatic carbocycles. The van der Waals surface area contributed by atoms with Crippen LogP contribution in [0.3, 0.4) is 0 Å². The first-order valence-electron chi connectivity index (χ1n) is 6.19. The predicted molar refractivity (Wildman–Crippen MR) is 75.3 cm³/mol. The van der Waals surface area contributed by atoms with E-state index in [2.05, 4.69) is 10.1 Å². The summed E-state index contributed by atoms with van der Waals surface area (Å²) in [6.45, 7) is 0. The Morgan fingerprint density at radius 2 is 1.65 bits per heavy atom. The molecule has 2 aromatic rings. The molecule has 0 aromatic heterocycles. The van der Waals surface area contributed by atoms with Gasteiger partial charge in [0.05, 0.1) is 18.7 Å². The molecule has 2 rings (SSSR count). The van der Waals surface area contributed by atoms with Crippen molar-refractivity contribution >= 4 is 12.4 Å². The molecule has 0 spiro atoms. The molecule has 0 saturated carbocycles. The van der Waals surface area contributed by atoms with Crippen LogP contribution in [0.1, 0.15) is 27.5 Å². The third kappa shape index (κ3) is 3.03. The maximum atomic E-state index is 11.4. The number of esters is 1. The van der Waals surface area contributed by atoms with E-state index < -0.39 is 0 Å². The van der Waals surface area contributed by atoms with Gasteiger partial charge in [0, 0.05) is 0 Å². The summed E-state index contributed by atoms with van der Waals surface area (Å²) in [7, 11) is 1.34. The van der Waals surface area contributed by atoms with E-state index in [1.807, 2.05) is 30.3 Å². The van der Waals surface area contributed by atoms with Gasteiger partial charge in [0.15, 0.2) is 0 Å². The molecule has 1 N–H and O–H groups in total. The third-order valence-corrected chi connectivity index (χ3v) is 3.03. The van der Waals surface area contributed by atoms with Gasteiger partial charge in [-0.05, 0) is 23.3 Å². The Kier molecular flexibility index (Phi) is 4.50. The summed E-state index contributed by atoms with van der Waals surface area (Å²) in [5.74, 6) is -0.379. The Labute approximate surface area is 117 Å². The van der Waals surface area contributed by atoms with Crippen molar-refractivity contribution in [3.63, 3.8) is 0 Å². The zero-order valence-corrected chi connectivity index (χ0v) is 11.1. The van der Waals surface area contributed by atoms with E-state index in [1.165, 1.54) is 7.11 Å². The van der Waals surface area contributed by atoms with Crippen molar-refractivity contribution in [2.24, 2.45) is 0 Å². The largest absolute Gasteiger partial charge is 0.465 e. The smallest absolute Gasteiger partial charge is 0.337 e. The second-order valence-corrected chi connectivity index (χ2v) is 4.24. The van der Waals surface area contributed by atoms with Gasteiger partial charge in [-0.15, -0.1) is 0 Å². The lowest BCUT2D eigenvalue weighted by Gasteiger charge is -2.17. The van der Waals surface area contributed by atoms with Crippen LogP contribution >= 0.6 is 0 Å². The first-order valence-corrected chi connectivity index (χ1v) is 6.19. The van der Waals surface area contributed by atoms with Gasteiger partial charge >= 0.3 is 5.97 Å². The van der Waals surface area contributed by atoms with Crippen molar-refractivity contribution in [1.82, 2.24) is 5.32 Å². The first-order chi connectivity index (χ1) is 9.76. The maximum absolute atomic E-state index is 11.4. The molecule has 0 fully saturated rings. The van der Waals surface area contributed by atoms with E-state index in [9.17, 15) is 9.59 Å². The molecule has 0 aliphatic rings. The summed E-state index contributed by atoms with van der Waals surface area (Å²) in [4.78, 5) is 22.2. The topological polar surface area (TPSA) is 55.4 Å². The van der Waals surface area contributed by atoms with Gasteiger partial charge in [0.1, 0.15) is 0 Å². The number of nitrogens with one attached hydrogen (secondary N) is 1. The molecule has 0 heterocycles. The lowest BCUT2D eigenvalue weighted by atomic mass is 9.98. The van der Waals surface area contributed by atoms with Gasteiger partial charge in [-0.25, -0.2) is 4.79 Å². The highest BCUT2D eigenvalue weighted by atomic mass is 16.5. The number of hydrogen-bond donors (Lipinski definition) is 1. The van der Waals surface area contributed by atoms with Crippen LogP contribution < -0.4 is 5.32 Å². The molecule has 0 unspecified atom stereocenters. The number of hydrogen-bond acceptors (Lipinski definition) is 3. The van der Waals surface area contributed by atoms with Crippen molar-refractivity contribution in [3.8, 4) is 0 Å². The third-order valence-electron chi connectivity index (χ3n) is 3.03. The molecule has 0 aliphatic heterocycles. The first kappa shape index (κ1) is 13.8. The minimum atomic E-state index is -0.379. The molecule has 4 nitrogen and oxygen atoms in total. The Morgan fingerprint density at radius 1 is 1.05 bits per heavy atom. The fourth-order valence-electron chi connectivity index (χ4n) is 2.03. The minimum absolute atomic E-state index is 0.236. The van der Waals surface area contributed by atoms with Crippen molar-refractivity contribution in [2.75, 3.05) is 7.11 Å². The highest BCUT2D eigenvalue weighted by molar-refractivity contribution is 5.89. The van der Waals surface area contributed by atoms with Gasteiger partial charge < -0.3 is 10.1 Å². The molecule has 0 aliphatic carbocycles. The van der Waals surface area contributed by atoms with Crippen molar-refractivity contribution in [2.45, 2.75) is 6.04 Å². The van der Waals surface area contributed by atoms with E-state index in [1.54, 1.807) is 24.3 Å². The quantitative estimate of drug-likeness (QED) is 0.669. The standard InChI is InChI=1S/C16H15NO3/c1-20-16(19)14-9-7-13(8-10-14)15(17-11-18)12-5-3-2-4-6-12/h2-11,15H,1H3,(H,17,18)/t15-/m1/s1. The Morgan fingerprint density at radius 3 is 2.20 bits per heavy atom. The number of methoxy groups -OCH3 is 1. The van der Waals surface area contributed by atoms with Gasteiger partial charge in [-0.1, -0.05) is 42.5 Å². The number of amides is 1. The summed E-state index contributed by atoms with van der Waals surface area (Å²) >= 11 is 0. The molecule has 1 atom stereocenters. The van der Waals surface area contributed by atoms with Crippen molar-refractivity contribution < 1.29 is 14.3 Å². The van der Waals surface area contributed by atoms with Crippen LogP contribution in [0.5, 0.6) is 0 Å². The number of benzene rings is 2. The fraction of sp³-hybridized carbons (Fsp3) is 0.125. The molecular weight excluding hydrogens is 254 g/mol. The molecule has 0 bridgehead atoms. The molecular formula is C16H15NO3. The SMILES string of the molecule is COC(=O)c1ccc([C@H](NC=O)c2ccccc2)cc1. The molecule has 4 heteroatoms. The van der Waals surface area contributed by atoms with Crippen LogP contribution in [0.15, 0.2) is 54.6 Å². The van der Waals surface area contributed by atoms with E-state index in [4.69, 9.17) is 0 Å². The zero-order valence-electron chi connectivity index (χ0n) is 11.1. The fourth-order valence-corrected chi connectivity index (χ4v) is 2.03. The zero-order chi connectivity index (χ0) is 14.4. The van der Waals surface area contributed by atoms with Crippen LogP contribution in [-0.4, -0.2) is 19.5 Å². The molecule has 20 heavy (non-hydrogen) atoms. The summed E-state index contributed by atoms with van der Waals surface area (Å²) < 4.78 is 4.66. The van der Waals surface area contributed by atoms with Gasteiger partial charge in [-0.3, -0.25) is 4.79 Å². The van der Waals surface area contributed by atoms with E-state index in [-0.39, 0.29) is 12.0 Å². The van der Waals surface area contributed by atoms with Crippen LogP contribution in [0.4, 0.5) is 0 Å². The number of carbonyl (C=O) groups excluding carboxylic acids is 2. The number of ether oxygens (including phenoxy) is 1. The second-order valence-electron chi connectivity index (χ2n) is 4.24. The summed E-state index contributed by atoms with van der Waals surface area (Å²) in [5.41, 5.74) is 2.36. The average molecular weight is 269 g/mol. The Balaban J connectivity index is 2.31. The minimum Gasteiger partial charge on any atom is -0.465 e. The molecule has 102 valence electrons. The van der Waals surface area contributed by atoms with E-state index in [0.717, 1.165) is 11.1 Å². The van der Waals surface area contributed by atoms with Crippen LogP contribution in [0.25, 0.3) is 0 Å². The lowest BCUT2D eigenvalue weighted by molar-refractivity contribution is -0.110. The maximum Gasteiger partial charge on any atom is 0.337 e. The van der Waals surface area contributed by atoms with Crippen LogP contribution in [0.2, 0.25) is 0 Å². The van der Waals surface area contributed by atoms with E-state index in [0.29, 0.717) is 12.0 Å². The molecule has 0 radical (unpaired) electrons. The molecule has 0 saturated heterocycles. The van der Waals surface area contributed by atoms with Crippen LogP contribution in [0, 0.1) is 0 Å². The Bertz CT molecular complexity index is 578. The highest BCUT2D eigenvalue weighted by Crippen LogP contribution is 2.22.